The van der Waals surface area contributed by atoms with Crippen LogP contribution in [0.1, 0.15) is 21.5 Å². The zero-order valence-corrected chi connectivity index (χ0v) is 11.4. The van der Waals surface area contributed by atoms with Gasteiger partial charge in [0.15, 0.2) is 0 Å². The zero-order valence-electron chi connectivity index (χ0n) is 10.7. The average molecular weight is 295 g/mol. The molecule has 0 spiro atoms. The molecule has 0 heterocycles. The van der Waals surface area contributed by atoms with Gasteiger partial charge in [0.2, 0.25) is 0 Å². The number of carboxylic acid groups (broad SMARTS) is 1. The smallest absolute Gasteiger partial charge is 0.339 e. The van der Waals surface area contributed by atoms with Crippen molar-refractivity contribution in [1.82, 2.24) is 0 Å². The Bertz CT molecular complexity index is 656. The Morgan fingerprint density at radius 2 is 2.05 bits per heavy atom. The van der Waals surface area contributed by atoms with E-state index in [1.165, 1.54) is 24.3 Å². The quantitative estimate of drug-likeness (QED) is 0.925. The Kier molecular flexibility index (Phi) is 4.25. The molecule has 0 radical (unpaired) electrons. The summed E-state index contributed by atoms with van der Waals surface area (Å²) in [6.07, 6.45) is 0. The van der Waals surface area contributed by atoms with E-state index in [9.17, 15) is 9.18 Å². The highest BCUT2D eigenvalue weighted by Crippen LogP contribution is 2.23. The normalized spacial score (nSPS) is 10.3. The van der Waals surface area contributed by atoms with Crippen LogP contribution in [0.5, 0.6) is 5.75 Å². The van der Waals surface area contributed by atoms with Crippen LogP contribution in [0.4, 0.5) is 4.39 Å². The van der Waals surface area contributed by atoms with Gasteiger partial charge in [-0.15, -0.1) is 0 Å². The van der Waals surface area contributed by atoms with Gasteiger partial charge in [-0.3, -0.25) is 0 Å². The van der Waals surface area contributed by atoms with Gasteiger partial charge in [0.1, 0.15) is 23.7 Å². The second-order valence-electron chi connectivity index (χ2n) is 4.33. The minimum absolute atomic E-state index is 0.0000652. The third-order valence-corrected chi connectivity index (χ3v) is 3.13. The highest BCUT2D eigenvalue weighted by atomic mass is 35.5. The lowest BCUT2D eigenvalue weighted by molar-refractivity contribution is 0.0691. The second-order valence-corrected chi connectivity index (χ2v) is 4.74. The van der Waals surface area contributed by atoms with Crippen molar-refractivity contribution in [2.45, 2.75) is 13.5 Å². The van der Waals surface area contributed by atoms with E-state index in [1.807, 2.05) is 0 Å². The van der Waals surface area contributed by atoms with Crippen LogP contribution in [0.3, 0.4) is 0 Å². The summed E-state index contributed by atoms with van der Waals surface area (Å²) in [4.78, 5) is 11.1. The summed E-state index contributed by atoms with van der Waals surface area (Å²) >= 11 is 5.93. The predicted molar refractivity (Wildman–Crippen MR) is 73.9 cm³/mol. The van der Waals surface area contributed by atoms with E-state index in [1.54, 1.807) is 19.1 Å². The summed E-state index contributed by atoms with van der Waals surface area (Å²) in [6.45, 7) is 1.79. The molecule has 0 bridgehead atoms. The molecule has 2 aromatic carbocycles. The molecule has 0 saturated heterocycles. The number of benzene rings is 2. The number of rotatable bonds is 4. The van der Waals surface area contributed by atoms with Crippen molar-refractivity contribution >= 4 is 17.6 Å². The number of hydrogen-bond donors (Lipinski definition) is 1. The first-order chi connectivity index (χ1) is 9.47. The molecule has 2 rings (SSSR count). The van der Waals surface area contributed by atoms with Gasteiger partial charge >= 0.3 is 5.97 Å². The molecule has 0 fully saturated rings. The van der Waals surface area contributed by atoms with Gasteiger partial charge in [-0.05, 0) is 37.3 Å². The molecule has 5 heteroatoms. The minimum atomic E-state index is -1.07. The molecule has 0 aliphatic rings. The molecular weight excluding hydrogens is 283 g/mol. The lowest BCUT2D eigenvalue weighted by Gasteiger charge is -2.11. The van der Waals surface area contributed by atoms with Crippen LogP contribution in [0.25, 0.3) is 0 Å². The zero-order chi connectivity index (χ0) is 14.7. The van der Waals surface area contributed by atoms with Crippen molar-refractivity contribution in [3.8, 4) is 5.75 Å². The molecule has 104 valence electrons. The monoisotopic (exact) mass is 294 g/mol. The highest BCUT2D eigenvalue weighted by Gasteiger charge is 2.12. The van der Waals surface area contributed by atoms with Gasteiger partial charge in [-0.2, -0.15) is 0 Å². The number of ether oxygens (including phenoxy) is 1. The first kappa shape index (κ1) is 14.3. The topological polar surface area (TPSA) is 46.5 Å². The van der Waals surface area contributed by atoms with Gasteiger partial charge in [0, 0.05) is 10.6 Å². The van der Waals surface area contributed by atoms with Crippen LogP contribution < -0.4 is 4.74 Å². The fourth-order valence-corrected chi connectivity index (χ4v) is 1.92. The maximum atomic E-state index is 13.1. The van der Waals surface area contributed by atoms with E-state index in [-0.39, 0.29) is 17.9 Å². The standard InChI is InChI=1S/C15H12ClFO3/c1-9-2-5-14(12(6-9)15(18)19)20-8-10-7-11(17)3-4-13(10)16/h2-7H,8H2,1H3,(H,18,19). The summed E-state index contributed by atoms with van der Waals surface area (Å²) in [5, 5.41) is 9.49. The summed E-state index contributed by atoms with van der Waals surface area (Å²) < 4.78 is 18.6. The second kappa shape index (κ2) is 5.92. The molecule has 0 aliphatic carbocycles. The van der Waals surface area contributed by atoms with Crippen LogP contribution in [-0.2, 0) is 6.61 Å². The third-order valence-electron chi connectivity index (χ3n) is 2.76. The molecule has 3 nitrogen and oxygen atoms in total. The van der Waals surface area contributed by atoms with Gasteiger partial charge in [-0.25, -0.2) is 9.18 Å². The molecule has 0 saturated carbocycles. The fraction of sp³-hybridized carbons (Fsp3) is 0.133. The summed E-state index contributed by atoms with van der Waals surface area (Å²) in [6, 6.07) is 8.78. The van der Waals surface area contributed by atoms with Gasteiger partial charge in [-0.1, -0.05) is 23.2 Å². The molecule has 2 aromatic rings. The molecule has 20 heavy (non-hydrogen) atoms. The van der Waals surface area contributed by atoms with Crippen molar-refractivity contribution in [2.24, 2.45) is 0 Å². The number of carboxylic acids is 1. The highest BCUT2D eigenvalue weighted by molar-refractivity contribution is 6.31. The minimum Gasteiger partial charge on any atom is -0.488 e. The SMILES string of the molecule is Cc1ccc(OCc2cc(F)ccc2Cl)c(C(=O)O)c1. The van der Waals surface area contributed by atoms with E-state index in [0.29, 0.717) is 10.6 Å². The van der Waals surface area contributed by atoms with Crippen molar-refractivity contribution in [3.05, 3.63) is 63.9 Å². The van der Waals surface area contributed by atoms with Gasteiger partial charge in [0.05, 0.1) is 0 Å². The Hall–Kier alpha value is -2.07. The van der Waals surface area contributed by atoms with Crippen LogP contribution in [0.2, 0.25) is 5.02 Å². The Morgan fingerprint density at radius 1 is 1.30 bits per heavy atom. The maximum Gasteiger partial charge on any atom is 0.339 e. The van der Waals surface area contributed by atoms with Crippen LogP contribution in [0, 0.1) is 12.7 Å². The van der Waals surface area contributed by atoms with Crippen molar-refractivity contribution in [1.29, 1.82) is 0 Å². The third kappa shape index (κ3) is 3.27. The molecule has 0 aliphatic heterocycles. The van der Waals surface area contributed by atoms with Crippen molar-refractivity contribution in [3.63, 3.8) is 0 Å². The molecular formula is C15H12ClFO3. The first-order valence-corrected chi connectivity index (χ1v) is 6.26. The van der Waals surface area contributed by atoms with E-state index in [0.717, 1.165) is 5.56 Å². The summed E-state index contributed by atoms with van der Waals surface area (Å²) in [7, 11) is 0. The predicted octanol–water partition coefficient (Wildman–Crippen LogP) is 4.06. The van der Waals surface area contributed by atoms with Gasteiger partial charge in [0.25, 0.3) is 0 Å². The molecule has 0 amide bonds. The van der Waals surface area contributed by atoms with Gasteiger partial charge < -0.3 is 9.84 Å². The average Bonchev–Trinajstić information content (AvgIpc) is 2.40. The largest absolute Gasteiger partial charge is 0.488 e. The number of carbonyl (C=O) groups is 1. The Labute approximate surface area is 120 Å². The number of halogens is 2. The Balaban J connectivity index is 2.23. The maximum absolute atomic E-state index is 13.1. The number of hydrogen-bond acceptors (Lipinski definition) is 2. The van der Waals surface area contributed by atoms with Crippen LogP contribution in [-0.4, -0.2) is 11.1 Å². The van der Waals surface area contributed by atoms with Crippen molar-refractivity contribution in [2.75, 3.05) is 0 Å². The lowest BCUT2D eigenvalue weighted by atomic mass is 10.1. The van der Waals surface area contributed by atoms with Crippen LogP contribution >= 0.6 is 11.6 Å². The lowest BCUT2D eigenvalue weighted by Crippen LogP contribution is -2.04. The Morgan fingerprint density at radius 3 is 2.75 bits per heavy atom. The van der Waals surface area contributed by atoms with E-state index in [4.69, 9.17) is 21.4 Å². The summed E-state index contributed by atoms with van der Waals surface area (Å²) in [5.41, 5.74) is 1.35. The van der Waals surface area contributed by atoms with Crippen LogP contribution in [0.15, 0.2) is 36.4 Å². The summed E-state index contributed by atoms with van der Waals surface area (Å²) in [5.74, 6) is -1.27. The fourth-order valence-electron chi connectivity index (χ4n) is 1.75. The van der Waals surface area contributed by atoms with E-state index in [2.05, 4.69) is 0 Å². The molecule has 0 unspecified atom stereocenters. The number of aryl methyl sites for hydroxylation is 1. The molecule has 0 aromatic heterocycles. The molecule has 0 atom stereocenters. The molecule has 1 N–H and O–H groups in total. The van der Waals surface area contributed by atoms with E-state index >= 15 is 0 Å². The number of aromatic carboxylic acids is 1. The first-order valence-electron chi connectivity index (χ1n) is 5.88. The van der Waals surface area contributed by atoms with E-state index < -0.39 is 11.8 Å². The van der Waals surface area contributed by atoms with Crippen molar-refractivity contribution < 1.29 is 19.0 Å².